The van der Waals surface area contributed by atoms with Crippen molar-refractivity contribution in [3.63, 3.8) is 0 Å². The van der Waals surface area contributed by atoms with Crippen molar-refractivity contribution in [1.82, 2.24) is 0 Å². The van der Waals surface area contributed by atoms with Crippen LogP contribution >= 0.6 is 0 Å². The molecule has 160 valence electrons. The van der Waals surface area contributed by atoms with Crippen molar-refractivity contribution in [3.8, 4) is 0 Å². The zero-order valence-corrected chi connectivity index (χ0v) is 19.4. The van der Waals surface area contributed by atoms with Crippen molar-refractivity contribution in [2.45, 2.75) is 112 Å². The predicted molar refractivity (Wildman–Crippen MR) is 118 cm³/mol. The van der Waals surface area contributed by atoms with Gasteiger partial charge >= 0.3 is 0 Å². The lowest BCUT2D eigenvalue weighted by Gasteiger charge is -2.54. The monoisotopic (exact) mass is 386 g/mol. The van der Waals surface area contributed by atoms with Crippen LogP contribution in [0, 0.1) is 52.3 Å². The van der Waals surface area contributed by atoms with E-state index in [1.165, 1.54) is 70.6 Å². The molecule has 0 N–H and O–H groups in total. The first-order chi connectivity index (χ1) is 13.3. The Kier molecular flexibility index (Phi) is 5.78. The van der Waals surface area contributed by atoms with E-state index in [1.54, 1.807) is 0 Å². The smallest absolute Gasteiger partial charge is 0.136 e. The van der Waals surface area contributed by atoms with E-state index in [2.05, 4.69) is 34.6 Å². The first kappa shape index (κ1) is 20.9. The van der Waals surface area contributed by atoms with E-state index in [9.17, 15) is 4.79 Å². The van der Waals surface area contributed by atoms with Gasteiger partial charge in [0.15, 0.2) is 0 Å². The highest BCUT2D eigenvalue weighted by Crippen LogP contribution is 2.67. The van der Waals surface area contributed by atoms with E-state index >= 15 is 0 Å². The summed E-state index contributed by atoms with van der Waals surface area (Å²) in [6, 6.07) is 0. The average molecular weight is 387 g/mol. The van der Waals surface area contributed by atoms with Gasteiger partial charge in [-0.3, -0.25) is 4.79 Å². The number of carbonyl (C=O) groups is 1. The molecule has 0 aromatic carbocycles. The Morgan fingerprint density at radius 3 is 2.39 bits per heavy atom. The highest BCUT2D eigenvalue weighted by Gasteiger charge is 2.60. The van der Waals surface area contributed by atoms with Crippen molar-refractivity contribution >= 4 is 5.78 Å². The molecular weight excluding hydrogens is 340 g/mol. The standard InChI is InChI=1S/C27H46O/c1-18(2)8-6-9-19(3)21-12-13-22-20-11-14-25(28)24-10-7-16-26(24,4)23(20)15-17-27(21,22)5/h18-24H,6-17H2,1-5H3. The van der Waals surface area contributed by atoms with Crippen molar-refractivity contribution in [3.05, 3.63) is 0 Å². The zero-order chi connectivity index (χ0) is 20.1. The first-order valence-electron chi connectivity index (χ1n) is 12.8. The van der Waals surface area contributed by atoms with Crippen molar-refractivity contribution in [2.24, 2.45) is 52.3 Å². The maximum atomic E-state index is 13.0. The Labute approximate surface area is 174 Å². The van der Waals surface area contributed by atoms with Crippen molar-refractivity contribution in [1.29, 1.82) is 0 Å². The Morgan fingerprint density at radius 1 is 0.893 bits per heavy atom. The molecule has 4 saturated carbocycles. The largest absolute Gasteiger partial charge is 0.299 e. The fourth-order valence-electron chi connectivity index (χ4n) is 9.18. The lowest BCUT2D eigenvalue weighted by atomic mass is 9.51. The predicted octanol–water partition coefficient (Wildman–Crippen LogP) is 7.68. The normalized spacial score (nSPS) is 46.8. The molecule has 4 rings (SSSR count). The number of fused-ring (bicyclic) bond motifs is 5. The second-order valence-corrected chi connectivity index (χ2v) is 12.4. The van der Waals surface area contributed by atoms with Crippen LogP contribution < -0.4 is 0 Å². The molecule has 4 aliphatic carbocycles. The maximum Gasteiger partial charge on any atom is 0.136 e. The van der Waals surface area contributed by atoms with Gasteiger partial charge in [0, 0.05) is 12.3 Å². The van der Waals surface area contributed by atoms with Crippen LogP contribution in [0.15, 0.2) is 0 Å². The van der Waals surface area contributed by atoms with Crippen LogP contribution in [0.25, 0.3) is 0 Å². The van der Waals surface area contributed by atoms with Gasteiger partial charge in [0.25, 0.3) is 0 Å². The number of rotatable bonds is 5. The number of hydrogen-bond acceptors (Lipinski definition) is 1. The molecule has 0 heterocycles. The summed E-state index contributed by atoms with van der Waals surface area (Å²) >= 11 is 0. The highest BCUT2D eigenvalue weighted by molar-refractivity contribution is 5.82. The molecule has 0 spiro atoms. The molecule has 0 aromatic rings. The maximum absolute atomic E-state index is 13.0. The summed E-state index contributed by atoms with van der Waals surface area (Å²) in [6.45, 7) is 12.5. The van der Waals surface area contributed by atoms with Gasteiger partial charge in [0.1, 0.15) is 5.78 Å². The van der Waals surface area contributed by atoms with Gasteiger partial charge in [-0.15, -0.1) is 0 Å². The second kappa shape index (κ2) is 7.73. The van der Waals surface area contributed by atoms with Gasteiger partial charge < -0.3 is 0 Å². The van der Waals surface area contributed by atoms with Gasteiger partial charge in [-0.1, -0.05) is 60.3 Å². The molecule has 0 saturated heterocycles. The third-order valence-corrected chi connectivity index (χ3v) is 10.6. The molecule has 0 aromatic heterocycles. The van der Waals surface area contributed by atoms with E-state index in [0.717, 1.165) is 41.9 Å². The molecule has 8 unspecified atom stereocenters. The van der Waals surface area contributed by atoms with Gasteiger partial charge in [-0.25, -0.2) is 0 Å². The van der Waals surface area contributed by atoms with Crippen LogP contribution in [0.5, 0.6) is 0 Å². The molecule has 8 atom stereocenters. The summed E-state index contributed by atoms with van der Waals surface area (Å²) in [6.07, 6.45) is 15.9. The third kappa shape index (κ3) is 3.31. The van der Waals surface area contributed by atoms with Gasteiger partial charge in [0.05, 0.1) is 0 Å². The summed E-state index contributed by atoms with van der Waals surface area (Å²) in [5, 5.41) is 0. The number of Topliss-reactive ketones (excluding diaryl/α,β-unsaturated/α-hetero) is 1. The summed E-state index contributed by atoms with van der Waals surface area (Å²) < 4.78 is 0. The van der Waals surface area contributed by atoms with Gasteiger partial charge in [0.2, 0.25) is 0 Å². The average Bonchev–Trinajstić information content (AvgIpc) is 3.17. The highest BCUT2D eigenvalue weighted by atomic mass is 16.1. The molecule has 4 fully saturated rings. The molecule has 0 amide bonds. The second-order valence-electron chi connectivity index (χ2n) is 12.4. The molecule has 4 aliphatic rings. The van der Waals surface area contributed by atoms with E-state index in [1.807, 2.05) is 0 Å². The van der Waals surface area contributed by atoms with Crippen LogP contribution in [0.3, 0.4) is 0 Å². The van der Waals surface area contributed by atoms with Crippen LogP contribution in [0.2, 0.25) is 0 Å². The number of hydrogen-bond donors (Lipinski definition) is 0. The summed E-state index contributed by atoms with van der Waals surface area (Å²) in [7, 11) is 0. The quantitative estimate of drug-likeness (QED) is 0.473. The lowest BCUT2D eigenvalue weighted by molar-refractivity contribution is -0.126. The van der Waals surface area contributed by atoms with Crippen molar-refractivity contribution < 1.29 is 4.79 Å². The van der Waals surface area contributed by atoms with Crippen LogP contribution in [0.4, 0.5) is 0 Å². The Bertz CT molecular complexity index is 579. The van der Waals surface area contributed by atoms with E-state index < -0.39 is 0 Å². The third-order valence-electron chi connectivity index (χ3n) is 10.6. The van der Waals surface area contributed by atoms with E-state index in [4.69, 9.17) is 0 Å². The summed E-state index contributed by atoms with van der Waals surface area (Å²) in [5.74, 6) is 6.25. The first-order valence-corrected chi connectivity index (χ1v) is 12.8. The zero-order valence-electron chi connectivity index (χ0n) is 19.4. The van der Waals surface area contributed by atoms with E-state index in [-0.39, 0.29) is 0 Å². The van der Waals surface area contributed by atoms with Gasteiger partial charge in [-0.05, 0) is 91.3 Å². The topological polar surface area (TPSA) is 17.1 Å². The van der Waals surface area contributed by atoms with Gasteiger partial charge in [-0.2, -0.15) is 0 Å². The Balaban J connectivity index is 1.51. The Morgan fingerprint density at radius 2 is 1.64 bits per heavy atom. The fourth-order valence-corrected chi connectivity index (χ4v) is 9.18. The molecule has 28 heavy (non-hydrogen) atoms. The minimum atomic E-state index is 0.334. The Hall–Kier alpha value is -0.330. The lowest BCUT2D eigenvalue weighted by Crippen LogP contribution is -2.47. The minimum Gasteiger partial charge on any atom is -0.299 e. The number of carbonyl (C=O) groups excluding carboxylic acids is 1. The van der Waals surface area contributed by atoms with Crippen LogP contribution in [-0.4, -0.2) is 5.78 Å². The molecule has 0 radical (unpaired) electrons. The van der Waals surface area contributed by atoms with Crippen LogP contribution in [0.1, 0.15) is 112 Å². The minimum absolute atomic E-state index is 0.334. The van der Waals surface area contributed by atoms with Crippen molar-refractivity contribution in [2.75, 3.05) is 0 Å². The van der Waals surface area contributed by atoms with E-state index in [0.29, 0.717) is 22.5 Å². The molecule has 1 heteroatoms. The fraction of sp³-hybridized carbons (Fsp3) is 0.963. The molecule has 0 aliphatic heterocycles. The molecular formula is C27H46O. The summed E-state index contributed by atoms with van der Waals surface area (Å²) in [4.78, 5) is 13.0. The molecule has 1 nitrogen and oxygen atoms in total. The SMILES string of the molecule is CC(C)CCCC(C)C1CCC2C3CCC(=O)C4CCCC4(C)C3CCC12C. The molecule has 0 bridgehead atoms. The summed E-state index contributed by atoms with van der Waals surface area (Å²) in [5.41, 5.74) is 0.886. The number of ketones is 1. The van der Waals surface area contributed by atoms with Crippen LogP contribution in [-0.2, 0) is 4.79 Å².